The molecule has 0 bridgehead atoms. The summed E-state index contributed by atoms with van der Waals surface area (Å²) in [5.74, 6) is 1.95. The normalized spacial score (nSPS) is 22.3. The largest absolute Gasteiger partial charge is 0.356 e. The molecule has 0 spiro atoms. The van der Waals surface area contributed by atoms with Gasteiger partial charge in [-0.3, -0.25) is 0 Å². The topological polar surface area (TPSA) is 28.2 Å². The van der Waals surface area contributed by atoms with E-state index in [2.05, 4.69) is 51.0 Å². The van der Waals surface area contributed by atoms with Crippen LogP contribution in [-0.4, -0.2) is 24.6 Å². The van der Waals surface area contributed by atoms with Crippen molar-refractivity contribution in [1.82, 2.24) is 10.3 Å². The van der Waals surface area contributed by atoms with E-state index in [0.717, 1.165) is 24.7 Å². The number of aromatic nitrogens is 1. The van der Waals surface area contributed by atoms with Gasteiger partial charge in [0, 0.05) is 30.9 Å². The highest BCUT2D eigenvalue weighted by atomic mass is 15.2. The maximum atomic E-state index is 4.88. The smallest absolute Gasteiger partial charge is 0.133 e. The highest BCUT2D eigenvalue weighted by Gasteiger charge is 2.27. The minimum atomic E-state index is 0.632. The van der Waals surface area contributed by atoms with Crippen molar-refractivity contribution in [3.8, 4) is 0 Å². The molecule has 1 N–H and O–H groups in total. The molecule has 2 unspecified atom stereocenters. The lowest BCUT2D eigenvalue weighted by Crippen LogP contribution is -2.40. The number of anilines is 1. The highest BCUT2D eigenvalue weighted by Crippen LogP contribution is 2.32. The molecule has 0 aromatic carbocycles. The molecule has 0 amide bonds. The Hall–Kier alpha value is -1.09. The first-order valence-corrected chi connectivity index (χ1v) is 8.45. The van der Waals surface area contributed by atoms with E-state index in [0.29, 0.717) is 6.04 Å². The highest BCUT2D eigenvalue weighted by molar-refractivity contribution is 5.52. The summed E-state index contributed by atoms with van der Waals surface area (Å²) < 4.78 is 0. The first kappa shape index (κ1) is 16.3. The van der Waals surface area contributed by atoms with Gasteiger partial charge in [-0.1, -0.05) is 26.7 Å². The first-order valence-electron chi connectivity index (χ1n) is 8.45. The van der Waals surface area contributed by atoms with E-state index >= 15 is 0 Å². The second kappa shape index (κ2) is 7.26. The Bertz CT molecular complexity index is 470. The fourth-order valence-electron chi connectivity index (χ4n) is 3.63. The van der Waals surface area contributed by atoms with Crippen LogP contribution in [-0.2, 0) is 6.54 Å². The molecular weight excluding hydrogens is 258 g/mol. The van der Waals surface area contributed by atoms with Gasteiger partial charge in [-0.2, -0.15) is 0 Å². The summed E-state index contributed by atoms with van der Waals surface area (Å²) in [7, 11) is 2.24. The minimum Gasteiger partial charge on any atom is -0.356 e. The standard InChI is InChI=1S/C18H31N3/c1-6-19-12-16-14(3)11-15(4)20-18(16)21(5)17-10-8-7-9-13(17)2/h11,13,17,19H,6-10,12H2,1-5H3. The lowest BCUT2D eigenvalue weighted by molar-refractivity contribution is 0.320. The lowest BCUT2D eigenvalue weighted by atomic mass is 9.85. The Morgan fingerprint density at radius 2 is 2.00 bits per heavy atom. The molecule has 21 heavy (non-hydrogen) atoms. The monoisotopic (exact) mass is 289 g/mol. The Morgan fingerprint density at radius 1 is 1.29 bits per heavy atom. The van der Waals surface area contributed by atoms with Gasteiger partial charge >= 0.3 is 0 Å². The average molecular weight is 289 g/mol. The number of hydrogen-bond donors (Lipinski definition) is 1. The number of nitrogens with zero attached hydrogens (tertiary/aromatic N) is 2. The van der Waals surface area contributed by atoms with Gasteiger partial charge in [0.25, 0.3) is 0 Å². The van der Waals surface area contributed by atoms with E-state index in [9.17, 15) is 0 Å². The van der Waals surface area contributed by atoms with Crippen LogP contribution in [0.4, 0.5) is 5.82 Å². The molecule has 1 saturated carbocycles. The summed E-state index contributed by atoms with van der Waals surface area (Å²) in [4.78, 5) is 7.34. The predicted octanol–water partition coefficient (Wildman–Crippen LogP) is 3.82. The van der Waals surface area contributed by atoms with E-state index in [1.54, 1.807) is 0 Å². The van der Waals surface area contributed by atoms with Crippen LogP contribution in [0, 0.1) is 19.8 Å². The lowest BCUT2D eigenvalue weighted by Gasteiger charge is -2.38. The van der Waals surface area contributed by atoms with Gasteiger partial charge in [-0.15, -0.1) is 0 Å². The second-order valence-corrected chi connectivity index (χ2v) is 6.60. The second-order valence-electron chi connectivity index (χ2n) is 6.60. The van der Waals surface area contributed by atoms with Crippen molar-refractivity contribution in [1.29, 1.82) is 0 Å². The molecule has 2 atom stereocenters. The predicted molar refractivity (Wildman–Crippen MR) is 90.9 cm³/mol. The molecule has 3 heteroatoms. The molecule has 1 heterocycles. The maximum Gasteiger partial charge on any atom is 0.133 e. The molecule has 0 radical (unpaired) electrons. The number of pyridine rings is 1. The van der Waals surface area contributed by atoms with Crippen LogP contribution in [0.5, 0.6) is 0 Å². The van der Waals surface area contributed by atoms with Gasteiger partial charge in [0.2, 0.25) is 0 Å². The molecule has 1 aliphatic carbocycles. The van der Waals surface area contributed by atoms with Gasteiger partial charge < -0.3 is 10.2 Å². The molecule has 1 aromatic heterocycles. The van der Waals surface area contributed by atoms with Crippen LogP contribution in [0.25, 0.3) is 0 Å². The Labute approximate surface area is 130 Å². The maximum absolute atomic E-state index is 4.88. The fourth-order valence-corrected chi connectivity index (χ4v) is 3.63. The summed E-state index contributed by atoms with van der Waals surface area (Å²) in [6.07, 6.45) is 5.39. The van der Waals surface area contributed by atoms with Crippen LogP contribution >= 0.6 is 0 Å². The quantitative estimate of drug-likeness (QED) is 0.893. The zero-order valence-corrected chi connectivity index (χ0v) is 14.4. The molecule has 0 aliphatic heterocycles. The Morgan fingerprint density at radius 3 is 2.67 bits per heavy atom. The van der Waals surface area contributed by atoms with Crippen LogP contribution < -0.4 is 10.2 Å². The first-order chi connectivity index (χ1) is 10.0. The van der Waals surface area contributed by atoms with Gasteiger partial charge in [0.05, 0.1) is 0 Å². The van der Waals surface area contributed by atoms with Crippen LogP contribution in [0.15, 0.2) is 6.07 Å². The van der Waals surface area contributed by atoms with Crippen molar-refractivity contribution in [3.63, 3.8) is 0 Å². The molecule has 1 aliphatic rings. The van der Waals surface area contributed by atoms with Gasteiger partial charge in [0.15, 0.2) is 0 Å². The molecular formula is C18H31N3. The molecule has 2 rings (SSSR count). The zero-order valence-electron chi connectivity index (χ0n) is 14.4. The van der Waals surface area contributed by atoms with Crippen molar-refractivity contribution in [2.45, 2.75) is 66.0 Å². The van der Waals surface area contributed by atoms with Gasteiger partial charge in [-0.05, 0) is 50.8 Å². The van der Waals surface area contributed by atoms with E-state index in [1.165, 1.54) is 42.6 Å². The third-order valence-electron chi connectivity index (χ3n) is 4.90. The Balaban J connectivity index is 2.31. The third-order valence-corrected chi connectivity index (χ3v) is 4.90. The van der Waals surface area contributed by atoms with Crippen molar-refractivity contribution < 1.29 is 0 Å². The SMILES string of the molecule is CCNCc1c(C)cc(C)nc1N(C)C1CCCCC1C. The number of nitrogens with one attached hydrogen (secondary N) is 1. The molecule has 3 nitrogen and oxygen atoms in total. The number of aryl methyl sites for hydroxylation is 2. The van der Waals surface area contributed by atoms with Gasteiger partial charge in [-0.25, -0.2) is 4.98 Å². The van der Waals surface area contributed by atoms with Crippen LogP contribution in [0.2, 0.25) is 0 Å². The van der Waals surface area contributed by atoms with E-state index in [4.69, 9.17) is 4.98 Å². The molecule has 118 valence electrons. The summed E-state index contributed by atoms with van der Waals surface area (Å²) >= 11 is 0. The minimum absolute atomic E-state index is 0.632. The molecule has 1 fully saturated rings. The summed E-state index contributed by atoms with van der Waals surface area (Å²) in [6, 6.07) is 2.83. The average Bonchev–Trinajstić information content (AvgIpc) is 2.45. The number of hydrogen-bond acceptors (Lipinski definition) is 3. The van der Waals surface area contributed by atoms with Crippen molar-refractivity contribution in [2.75, 3.05) is 18.5 Å². The fraction of sp³-hybridized carbons (Fsp3) is 0.722. The van der Waals surface area contributed by atoms with Gasteiger partial charge in [0.1, 0.15) is 5.82 Å². The van der Waals surface area contributed by atoms with Crippen molar-refractivity contribution >= 4 is 5.82 Å². The molecule has 0 saturated heterocycles. The van der Waals surface area contributed by atoms with Crippen LogP contribution in [0.3, 0.4) is 0 Å². The van der Waals surface area contributed by atoms with Crippen molar-refractivity contribution in [3.05, 3.63) is 22.9 Å². The summed E-state index contributed by atoms with van der Waals surface area (Å²) in [5, 5.41) is 3.47. The summed E-state index contributed by atoms with van der Waals surface area (Å²) in [6.45, 7) is 10.8. The van der Waals surface area contributed by atoms with E-state index < -0.39 is 0 Å². The van der Waals surface area contributed by atoms with E-state index in [1.807, 2.05) is 0 Å². The Kier molecular flexibility index (Phi) is 5.63. The number of rotatable bonds is 5. The molecule has 1 aromatic rings. The van der Waals surface area contributed by atoms with Crippen LogP contribution in [0.1, 0.15) is 56.4 Å². The van der Waals surface area contributed by atoms with E-state index in [-0.39, 0.29) is 0 Å². The summed E-state index contributed by atoms with van der Waals surface area (Å²) in [5.41, 5.74) is 3.84. The van der Waals surface area contributed by atoms with Crippen molar-refractivity contribution in [2.24, 2.45) is 5.92 Å². The third kappa shape index (κ3) is 3.76. The zero-order chi connectivity index (χ0) is 15.4.